The SMILES string of the molecule is COCCn1cnc2cc(-c3sc(N4CC[C@H](CO)C4)c(C(=O)OC)c3N)ccc21. The number of hydrogen-bond donors (Lipinski definition) is 2. The molecular weight excluding hydrogens is 404 g/mol. The van der Waals surface area contributed by atoms with E-state index >= 15 is 0 Å². The average Bonchev–Trinajstić information content (AvgIpc) is 3.48. The van der Waals surface area contributed by atoms with Crippen LogP contribution in [-0.2, 0) is 16.0 Å². The zero-order chi connectivity index (χ0) is 21.3. The molecular formula is C21H26N4O4S. The molecule has 3 heterocycles. The smallest absolute Gasteiger partial charge is 0.343 e. The third-order valence-corrected chi connectivity index (χ3v) is 6.88. The molecule has 3 aromatic rings. The fourth-order valence-electron chi connectivity index (χ4n) is 3.91. The Labute approximate surface area is 178 Å². The Morgan fingerprint density at radius 3 is 2.93 bits per heavy atom. The number of methoxy groups -OCH3 is 2. The number of nitrogens with zero attached hydrogens (tertiary/aromatic N) is 3. The minimum atomic E-state index is -0.442. The monoisotopic (exact) mass is 430 g/mol. The third-order valence-electron chi connectivity index (χ3n) is 5.57. The van der Waals surface area contributed by atoms with Crippen LogP contribution in [0.5, 0.6) is 0 Å². The van der Waals surface area contributed by atoms with Crippen molar-refractivity contribution < 1.29 is 19.4 Å². The first kappa shape index (κ1) is 20.6. The molecule has 0 bridgehead atoms. The average molecular weight is 431 g/mol. The summed E-state index contributed by atoms with van der Waals surface area (Å²) >= 11 is 1.49. The summed E-state index contributed by atoms with van der Waals surface area (Å²) in [7, 11) is 3.04. The first-order valence-corrected chi connectivity index (χ1v) is 10.7. The van der Waals surface area contributed by atoms with E-state index in [1.165, 1.54) is 18.4 Å². The van der Waals surface area contributed by atoms with E-state index in [1.54, 1.807) is 13.4 Å². The van der Waals surface area contributed by atoms with E-state index in [-0.39, 0.29) is 12.5 Å². The molecule has 0 unspecified atom stereocenters. The highest BCUT2D eigenvalue weighted by molar-refractivity contribution is 7.20. The largest absolute Gasteiger partial charge is 0.465 e. The first-order valence-electron chi connectivity index (χ1n) is 9.88. The van der Waals surface area contributed by atoms with Gasteiger partial charge < -0.3 is 29.8 Å². The van der Waals surface area contributed by atoms with E-state index in [0.717, 1.165) is 46.0 Å². The quantitative estimate of drug-likeness (QED) is 0.556. The summed E-state index contributed by atoms with van der Waals surface area (Å²) in [4.78, 5) is 20.0. The molecule has 1 aromatic carbocycles. The van der Waals surface area contributed by atoms with Gasteiger partial charge >= 0.3 is 5.97 Å². The number of nitrogen functional groups attached to an aromatic ring is 1. The third kappa shape index (κ3) is 3.64. The fraction of sp³-hybridized carbons (Fsp3) is 0.429. The molecule has 160 valence electrons. The van der Waals surface area contributed by atoms with Crippen molar-refractivity contribution in [2.75, 3.05) is 51.2 Å². The second kappa shape index (κ2) is 8.63. The maximum atomic E-state index is 12.5. The first-order chi connectivity index (χ1) is 14.6. The number of aromatic nitrogens is 2. The van der Waals surface area contributed by atoms with Crippen molar-refractivity contribution in [1.29, 1.82) is 0 Å². The lowest BCUT2D eigenvalue weighted by molar-refractivity contribution is 0.0603. The van der Waals surface area contributed by atoms with Crippen molar-refractivity contribution in [2.24, 2.45) is 5.92 Å². The summed E-state index contributed by atoms with van der Waals surface area (Å²) in [5, 5.41) is 10.3. The van der Waals surface area contributed by atoms with Crippen molar-refractivity contribution in [3.05, 3.63) is 30.1 Å². The van der Waals surface area contributed by atoms with Gasteiger partial charge in [0.1, 0.15) is 10.6 Å². The van der Waals surface area contributed by atoms with E-state index in [4.69, 9.17) is 15.2 Å². The van der Waals surface area contributed by atoms with E-state index < -0.39 is 5.97 Å². The number of hydrogen-bond acceptors (Lipinski definition) is 8. The van der Waals surface area contributed by atoms with Crippen molar-refractivity contribution in [3.63, 3.8) is 0 Å². The molecule has 1 fully saturated rings. The van der Waals surface area contributed by atoms with Gasteiger partial charge in [-0.3, -0.25) is 0 Å². The Morgan fingerprint density at radius 1 is 1.40 bits per heavy atom. The molecule has 0 aliphatic carbocycles. The molecule has 8 nitrogen and oxygen atoms in total. The van der Waals surface area contributed by atoms with Crippen molar-refractivity contribution in [1.82, 2.24) is 9.55 Å². The molecule has 0 saturated carbocycles. The van der Waals surface area contributed by atoms with Gasteiger partial charge in [-0.1, -0.05) is 6.07 Å². The Morgan fingerprint density at radius 2 is 2.23 bits per heavy atom. The van der Waals surface area contributed by atoms with Crippen LogP contribution < -0.4 is 10.6 Å². The van der Waals surface area contributed by atoms with Gasteiger partial charge in [0.05, 0.1) is 41.6 Å². The fourth-order valence-corrected chi connectivity index (χ4v) is 5.15. The minimum Gasteiger partial charge on any atom is -0.465 e. The molecule has 0 radical (unpaired) electrons. The van der Waals surface area contributed by atoms with Crippen LogP contribution >= 0.6 is 11.3 Å². The number of thiophene rings is 1. The van der Waals surface area contributed by atoms with Crippen molar-refractivity contribution >= 4 is 39.0 Å². The molecule has 30 heavy (non-hydrogen) atoms. The van der Waals surface area contributed by atoms with Crippen LogP contribution in [0.1, 0.15) is 16.8 Å². The van der Waals surface area contributed by atoms with Gasteiger partial charge in [0.2, 0.25) is 0 Å². The summed E-state index contributed by atoms with van der Waals surface area (Å²) in [5.41, 5.74) is 10.1. The van der Waals surface area contributed by atoms with Gasteiger partial charge in [0.15, 0.2) is 0 Å². The second-order valence-electron chi connectivity index (χ2n) is 7.43. The maximum Gasteiger partial charge on any atom is 0.343 e. The Kier molecular flexibility index (Phi) is 5.94. The van der Waals surface area contributed by atoms with Crippen LogP contribution in [-0.4, -0.2) is 61.1 Å². The molecule has 1 aliphatic rings. The predicted octanol–water partition coefficient (Wildman–Crippen LogP) is 2.60. The number of nitrogens with two attached hydrogens (primary N) is 1. The summed E-state index contributed by atoms with van der Waals surface area (Å²) < 4.78 is 12.2. The molecule has 0 spiro atoms. The number of benzene rings is 1. The number of esters is 1. The highest BCUT2D eigenvalue weighted by Crippen LogP contribution is 2.46. The van der Waals surface area contributed by atoms with Gasteiger partial charge in [0.25, 0.3) is 0 Å². The van der Waals surface area contributed by atoms with E-state index in [2.05, 4.69) is 9.88 Å². The second-order valence-corrected chi connectivity index (χ2v) is 8.43. The van der Waals surface area contributed by atoms with Crippen LogP contribution in [0, 0.1) is 5.92 Å². The zero-order valence-electron chi connectivity index (χ0n) is 17.1. The van der Waals surface area contributed by atoms with Crippen molar-refractivity contribution in [2.45, 2.75) is 13.0 Å². The lowest BCUT2D eigenvalue weighted by Crippen LogP contribution is -2.22. The Balaban J connectivity index is 1.74. The number of fused-ring (bicyclic) bond motifs is 1. The van der Waals surface area contributed by atoms with E-state index in [1.807, 2.05) is 22.8 Å². The van der Waals surface area contributed by atoms with Gasteiger partial charge in [-0.15, -0.1) is 11.3 Å². The Hall–Kier alpha value is -2.62. The number of anilines is 2. The van der Waals surface area contributed by atoms with Crippen LogP contribution in [0.15, 0.2) is 24.5 Å². The van der Waals surface area contributed by atoms with Crippen LogP contribution in [0.4, 0.5) is 10.7 Å². The molecule has 4 rings (SSSR count). The zero-order valence-corrected chi connectivity index (χ0v) is 17.9. The number of imidazole rings is 1. The van der Waals surface area contributed by atoms with Crippen LogP contribution in [0.25, 0.3) is 21.5 Å². The summed E-state index contributed by atoms with van der Waals surface area (Å²) in [6.07, 6.45) is 2.69. The van der Waals surface area contributed by atoms with Gasteiger partial charge in [0, 0.05) is 39.3 Å². The summed E-state index contributed by atoms with van der Waals surface area (Å²) in [6.45, 7) is 2.95. The topological polar surface area (TPSA) is 103 Å². The number of aliphatic hydroxyl groups excluding tert-OH is 1. The molecule has 1 saturated heterocycles. The summed E-state index contributed by atoms with van der Waals surface area (Å²) in [5.74, 6) is -0.239. The molecule has 1 aliphatic heterocycles. The standard InChI is InChI=1S/C21H26N4O4S/c1-28-8-7-25-12-23-15-9-14(3-4-16(15)25)19-18(22)17(21(27)29-2)20(30-19)24-6-5-13(10-24)11-26/h3-4,9,12-13,26H,5-8,10-11,22H2,1-2H3/t13-/m0/s1. The normalized spacial score (nSPS) is 16.5. The van der Waals surface area contributed by atoms with Gasteiger partial charge in [-0.2, -0.15) is 0 Å². The molecule has 9 heteroatoms. The van der Waals surface area contributed by atoms with Crippen LogP contribution in [0.3, 0.4) is 0 Å². The lowest BCUT2D eigenvalue weighted by atomic mass is 10.1. The highest BCUT2D eigenvalue weighted by atomic mass is 32.1. The molecule has 2 aromatic heterocycles. The molecule has 1 atom stereocenters. The molecule has 3 N–H and O–H groups in total. The Bertz CT molecular complexity index is 1060. The van der Waals surface area contributed by atoms with Crippen LogP contribution in [0.2, 0.25) is 0 Å². The van der Waals surface area contributed by atoms with Gasteiger partial charge in [-0.05, 0) is 24.1 Å². The number of rotatable bonds is 7. The highest BCUT2D eigenvalue weighted by Gasteiger charge is 2.31. The number of carbonyl (C=O) groups excluding carboxylic acids is 1. The number of ether oxygens (including phenoxy) is 2. The van der Waals surface area contributed by atoms with Gasteiger partial charge in [-0.25, -0.2) is 9.78 Å². The number of aliphatic hydroxyl groups is 1. The van der Waals surface area contributed by atoms with Crippen molar-refractivity contribution in [3.8, 4) is 10.4 Å². The maximum absolute atomic E-state index is 12.5. The van der Waals surface area contributed by atoms with E-state index in [9.17, 15) is 9.90 Å². The lowest BCUT2D eigenvalue weighted by Gasteiger charge is -2.17. The minimum absolute atomic E-state index is 0.139. The predicted molar refractivity (Wildman–Crippen MR) is 118 cm³/mol. The molecule has 0 amide bonds. The van der Waals surface area contributed by atoms with E-state index in [0.29, 0.717) is 24.4 Å². The summed E-state index contributed by atoms with van der Waals surface area (Å²) in [6, 6.07) is 6.01. The number of carbonyl (C=O) groups is 1.